The van der Waals surface area contributed by atoms with E-state index in [-0.39, 0.29) is 29.0 Å². The number of hydrogen-bond donors (Lipinski definition) is 0. The van der Waals surface area contributed by atoms with Crippen molar-refractivity contribution in [3.05, 3.63) is 27.6 Å². The summed E-state index contributed by atoms with van der Waals surface area (Å²) in [6, 6.07) is 3.19. The number of hydrogen-bond acceptors (Lipinski definition) is 6. The number of thioether (sulfide) groups is 1. The van der Waals surface area contributed by atoms with Gasteiger partial charge in [0.1, 0.15) is 13.2 Å². The van der Waals surface area contributed by atoms with E-state index in [0.717, 1.165) is 16.7 Å². The molecule has 1 aromatic carbocycles. The van der Waals surface area contributed by atoms with Crippen LogP contribution < -0.4 is 9.47 Å². The Morgan fingerprint density at radius 2 is 2.03 bits per heavy atom. The number of nitrogens with zero attached hydrogens (tertiary/aromatic N) is 2. The van der Waals surface area contributed by atoms with Crippen LogP contribution >= 0.6 is 23.4 Å². The number of ether oxygens (including phenoxy) is 2. The van der Waals surface area contributed by atoms with Crippen molar-refractivity contribution in [2.45, 2.75) is 13.8 Å². The van der Waals surface area contributed by atoms with Crippen molar-refractivity contribution in [1.29, 1.82) is 0 Å². The van der Waals surface area contributed by atoms with Crippen molar-refractivity contribution >= 4 is 46.5 Å². The normalized spacial score (nSPS) is 14.9. The summed E-state index contributed by atoms with van der Waals surface area (Å²) in [6.07, 6.45) is 6.72. The van der Waals surface area contributed by atoms with Gasteiger partial charge in [0.15, 0.2) is 11.5 Å². The Morgan fingerprint density at radius 3 is 2.62 bits per heavy atom. The lowest BCUT2D eigenvalue weighted by atomic mass is 10.1. The molecule has 1 aliphatic rings. The van der Waals surface area contributed by atoms with Crippen LogP contribution in [0, 0.1) is 12.3 Å². The van der Waals surface area contributed by atoms with E-state index in [9.17, 15) is 14.4 Å². The summed E-state index contributed by atoms with van der Waals surface area (Å²) in [4.78, 5) is 39.8. The van der Waals surface area contributed by atoms with Crippen molar-refractivity contribution in [2.24, 2.45) is 0 Å². The first-order chi connectivity index (χ1) is 13.9. The second-order valence-electron chi connectivity index (χ2n) is 5.86. The van der Waals surface area contributed by atoms with E-state index in [4.69, 9.17) is 27.5 Å². The zero-order chi connectivity index (χ0) is 21.6. The van der Waals surface area contributed by atoms with Crippen LogP contribution in [-0.4, -0.2) is 60.2 Å². The van der Waals surface area contributed by atoms with Crippen molar-refractivity contribution < 1.29 is 23.9 Å². The minimum atomic E-state index is -0.525. The highest BCUT2D eigenvalue weighted by atomic mass is 35.5. The number of benzene rings is 1. The monoisotopic (exact) mass is 436 g/mol. The summed E-state index contributed by atoms with van der Waals surface area (Å²) >= 11 is 7.01. The largest absolute Gasteiger partial charge is 0.493 e. The Bertz CT molecular complexity index is 890. The SMILES string of the molecule is C#CCOc1c(Cl)cc(/C=C2\SC(=O)N(CC(=O)N(CC)CC)C2=O)cc1OC. The molecule has 0 aliphatic carbocycles. The number of carbonyl (C=O) groups excluding carboxylic acids is 3. The predicted octanol–water partition coefficient (Wildman–Crippen LogP) is 3.27. The fourth-order valence-electron chi connectivity index (χ4n) is 2.68. The number of methoxy groups -OCH3 is 1. The Kier molecular flexibility index (Phi) is 8.00. The zero-order valence-electron chi connectivity index (χ0n) is 16.4. The van der Waals surface area contributed by atoms with Crippen LogP contribution in [0.15, 0.2) is 17.0 Å². The number of imide groups is 1. The van der Waals surface area contributed by atoms with Crippen LogP contribution in [0.3, 0.4) is 0 Å². The van der Waals surface area contributed by atoms with Gasteiger partial charge in [-0.25, -0.2) is 0 Å². The van der Waals surface area contributed by atoms with Crippen molar-refractivity contribution in [3.8, 4) is 23.8 Å². The minimum absolute atomic E-state index is 0.0227. The third-order valence-corrected chi connectivity index (χ3v) is 5.32. The van der Waals surface area contributed by atoms with Crippen molar-refractivity contribution in [1.82, 2.24) is 9.80 Å². The summed E-state index contributed by atoms with van der Waals surface area (Å²) in [6.45, 7) is 4.43. The van der Waals surface area contributed by atoms with Gasteiger partial charge in [-0.3, -0.25) is 19.3 Å². The average Bonchev–Trinajstić information content (AvgIpc) is 2.95. The lowest BCUT2D eigenvalue weighted by Crippen LogP contribution is -2.41. The van der Waals surface area contributed by atoms with Gasteiger partial charge < -0.3 is 14.4 Å². The summed E-state index contributed by atoms with van der Waals surface area (Å²) in [7, 11) is 1.45. The van der Waals surface area contributed by atoms with Crippen LogP contribution in [0.2, 0.25) is 5.02 Å². The maximum atomic E-state index is 12.6. The number of likely N-dealkylation sites (N-methyl/N-ethyl adjacent to an activating group) is 1. The third kappa shape index (κ3) is 5.25. The van der Waals surface area contributed by atoms with Crippen molar-refractivity contribution in [2.75, 3.05) is 33.4 Å². The highest BCUT2D eigenvalue weighted by molar-refractivity contribution is 8.18. The highest BCUT2D eigenvalue weighted by Crippen LogP contribution is 2.38. The van der Waals surface area contributed by atoms with Crippen molar-refractivity contribution in [3.63, 3.8) is 0 Å². The second-order valence-corrected chi connectivity index (χ2v) is 7.26. The number of amides is 3. The van der Waals surface area contributed by atoms with Crippen LogP contribution in [0.4, 0.5) is 4.79 Å². The maximum absolute atomic E-state index is 12.6. The summed E-state index contributed by atoms with van der Waals surface area (Å²) in [5, 5.41) is -0.240. The quantitative estimate of drug-likeness (QED) is 0.460. The fraction of sp³-hybridized carbons (Fsp3) is 0.350. The molecule has 2 rings (SSSR count). The smallest absolute Gasteiger partial charge is 0.294 e. The maximum Gasteiger partial charge on any atom is 0.294 e. The molecular formula is C20H21ClN2O5S. The van der Waals surface area contributed by atoms with E-state index in [2.05, 4.69) is 5.92 Å². The van der Waals surface area contributed by atoms with Crippen LogP contribution in [-0.2, 0) is 9.59 Å². The summed E-state index contributed by atoms with van der Waals surface area (Å²) in [5.74, 6) is 2.18. The molecule has 1 aliphatic heterocycles. The molecule has 0 spiro atoms. The molecule has 3 amide bonds. The molecule has 1 aromatic rings. The van der Waals surface area contributed by atoms with Gasteiger partial charge in [0, 0.05) is 13.1 Å². The third-order valence-electron chi connectivity index (χ3n) is 4.13. The molecule has 1 saturated heterocycles. The van der Waals surface area contributed by atoms with Gasteiger partial charge in [0.05, 0.1) is 17.0 Å². The van der Waals surface area contributed by atoms with E-state index in [1.54, 1.807) is 17.0 Å². The first kappa shape index (κ1) is 22.7. The van der Waals surface area contributed by atoms with E-state index < -0.39 is 11.1 Å². The highest BCUT2D eigenvalue weighted by Gasteiger charge is 2.37. The van der Waals surface area contributed by atoms with Gasteiger partial charge in [-0.2, -0.15) is 0 Å². The Hall–Kier alpha value is -2.63. The standard InChI is InChI=1S/C20H21ClN2O5S/c1-5-8-28-18-14(21)9-13(10-15(18)27-4)11-16-19(25)23(20(26)29-16)12-17(24)22(6-2)7-3/h1,9-11H,6-8,12H2,2-4H3/b16-11-. The second kappa shape index (κ2) is 10.2. The molecule has 0 unspecified atom stereocenters. The molecule has 0 saturated carbocycles. The molecule has 29 heavy (non-hydrogen) atoms. The van der Waals surface area contributed by atoms with Gasteiger partial charge in [-0.15, -0.1) is 6.42 Å². The Labute approximate surface area is 179 Å². The molecule has 7 nitrogen and oxygen atoms in total. The Balaban J connectivity index is 2.26. The first-order valence-corrected chi connectivity index (χ1v) is 10.0. The number of halogens is 1. The number of rotatable bonds is 8. The van der Waals surface area contributed by atoms with Gasteiger partial charge in [-0.05, 0) is 49.4 Å². The fourth-order valence-corrected chi connectivity index (χ4v) is 3.79. The number of terminal acetylenes is 1. The molecule has 1 fully saturated rings. The molecule has 0 atom stereocenters. The zero-order valence-corrected chi connectivity index (χ0v) is 17.9. The average molecular weight is 437 g/mol. The summed E-state index contributed by atoms with van der Waals surface area (Å²) < 4.78 is 10.7. The Morgan fingerprint density at radius 1 is 1.34 bits per heavy atom. The minimum Gasteiger partial charge on any atom is -0.493 e. The topological polar surface area (TPSA) is 76.2 Å². The lowest BCUT2D eigenvalue weighted by Gasteiger charge is -2.21. The lowest BCUT2D eigenvalue weighted by molar-refractivity contribution is -0.135. The van der Waals surface area contributed by atoms with Gasteiger partial charge in [-0.1, -0.05) is 17.5 Å². The molecule has 154 valence electrons. The van der Waals surface area contributed by atoms with Gasteiger partial charge in [0.25, 0.3) is 11.1 Å². The molecule has 0 radical (unpaired) electrons. The number of carbonyl (C=O) groups is 3. The van der Waals surface area contributed by atoms with E-state index >= 15 is 0 Å². The summed E-state index contributed by atoms with van der Waals surface area (Å²) in [5.41, 5.74) is 0.542. The van der Waals surface area contributed by atoms with Crippen LogP contribution in [0.1, 0.15) is 19.4 Å². The van der Waals surface area contributed by atoms with E-state index in [1.807, 2.05) is 13.8 Å². The predicted molar refractivity (Wildman–Crippen MR) is 113 cm³/mol. The van der Waals surface area contributed by atoms with Gasteiger partial charge in [0.2, 0.25) is 5.91 Å². The molecule has 0 bridgehead atoms. The van der Waals surface area contributed by atoms with E-state index in [1.165, 1.54) is 13.2 Å². The molecule has 0 aromatic heterocycles. The van der Waals surface area contributed by atoms with E-state index in [0.29, 0.717) is 30.2 Å². The molecule has 0 N–H and O–H groups in total. The first-order valence-electron chi connectivity index (χ1n) is 8.83. The molecular weight excluding hydrogens is 416 g/mol. The van der Waals surface area contributed by atoms with Crippen LogP contribution in [0.5, 0.6) is 11.5 Å². The van der Waals surface area contributed by atoms with Gasteiger partial charge >= 0.3 is 0 Å². The molecule has 1 heterocycles. The molecule has 9 heteroatoms. The van der Waals surface area contributed by atoms with Crippen LogP contribution in [0.25, 0.3) is 6.08 Å².